The Kier molecular flexibility index (Phi) is 5.85. The minimum absolute atomic E-state index is 0.0582. The Hall–Kier alpha value is -2.74. The van der Waals surface area contributed by atoms with Gasteiger partial charge in [0.15, 0.2) is 0 Å². The molecule has 27 heavy (non-hydrogen) atoms. The van der Waals surface area contributed by atoms with Gasteiger partial charge in [0.1, 0.15) is 11.6 Å². The Bertz CT molecular complexity index is 931. The van der Waals surface area contributed by atoms with Crippen molar-refractivity contribution in [1.82, 2.24) is 15.5 Å². The molecule has 140 valence electrons. The van der Waals surface area contributed by atoms with Crippen LogP contribution in [-0.4, -0.2) is 21.4 Å². The third kappa shape index (κ3) is 4.71. The van der Waals surface area contributed by atoms with Gasteiger partial charge in [0.05, 0.1) is 16.9 Å². The topological polar surface area (TPSA) is 68.0 Å². The fourth-order valence-corrected chi connectivity index (χ4v) is 3.06. The molecule has 1 aromatic heterocycles. The average Bonchev–Trinajstić information content (AvgIpc) is 3.10. The normalized spacial score (nSPS) is 13.2. The van der Waals surface area contributed by atoms with Crippen molar-refractivity contribution in [2.45, 2.75) is 30.4 Å². The number of nitrogens with zero attached hydrogens (tertiary/aromatic N) is 2. The molecule has 0 unspecified atom stereocenters. The van der Waals surface area contributed by atoms with Crippen LogP contribution in [0.15, 0.2) is 58.2 Å². The number of carbonyl (C=O) groups is 1. The van der Waals surface area contributed by atoms with Gasteiger partial charge in [0, 0.05) is 0 Å². The summed E-state index contributed by atoms with van der Waals surface area (Å²) in [6.45, 7) is 3.51. The van der Waals surface area contributed by atoms with Gasteiger partial charge in [-0.25, -0.2) is 8.78 Å². The van der Waals surface area contributed by atoms with E-state index >= 15 is 0 Å². The van der Waals surface area contributed by atoms with Crippen LogP contribution in [0, 0.1) is 11.6 Å². The third-order valence-electron chi connectivity index (χ3n) is 3.89. The smallest absolute Gasteiger partial charge is 0.277 e. The molecule has 8 heteroatoms. The van der Waals surface area contributed by atoms with Gasteiger partial charge in [0.2, 0.25) is 5.91 Å². The molecule has 3 aromatic rings. The first-order valence-electron chi connectivity index (χ1n) is 8.25. The molecule has 1 amide bonds. The van der Waals surface area contributed by atoms with Crippen LogP contribution in [0.25, 0.3) is 11.5 Å². The Balaban J connectivity index is 1.61. The number of rotatable bonds is 6. The zero-order valence-electron chi connectivity index (χ0n) is 14.6. The number of benzene rings is 2. The first kappa shape index (κ1) is 19.0. The van der Waals surface area contributed by atoms with Gasteiger partial charge in [-0.05, 0) is 43.7 Å². The number of amides is 1. The summed E-state index contributed by atoms with van der Waals surface area (Å²) >= 11 is 1.08. The molecule has 0 bridgehead atoms. The molecular weight excluding hydrogens is 372 g/mol. The molecule has 0 saturated carbocycles. The highest BCUT2D eigenvalue weighted by atomic mass is 32.2. The predicted molar refractivity (Wildman–Crippen MR) is 98.0 cm³/mol. The molecule has 0 spiro atoms. The van der Waals surface area contributed by atoms with Crippen molar-refractivity contribution in [2.24, 2.45) is 0 Å². The fourth-order valence-electron chi connectivity index (χ4n) is 2.37. The lowest BCUT2D eigenvalue weighted by atomic mass is 10.1. The lowest BCUT2D eigenvalue weighted by Crippen LogP contribution is -2.33. The molecule has 1 N–H and O–H groups in total. The van der Waals surface area contributed by atoms with Crippen molar-refractivity contribution in [3.63, 3.8) is 0 Å². The van der Waals surface area contributed by atoms with Crippen LogP contribution in [0.4, 0.5) is 8.78 Å². The van der Waals surface area contributed by atoms with Gasteiger partial charge in [-0.1, -0.05) is 36.0 Å². The van der Waals surface area contributed by atoms with Gasteiger partial charge in [-0.15, -0.1) is 10.2 Å². The summed E-state index contributed by atoms with van der Waals surface area (Å²) in [7, 11) is 0. The maximum Gasteiger partial charge on any atom is 0.277 e. The van der Waals surface area contributed by atoms with E-state index in [1.807, 2.05) is 6.92 Å². The van der Waals surface area contributed by atoms with E-state index in [0.29, 0.717) is 0 Å². The molecule has 0 aliphatic rings. The van der Waals surface area contributed by atoms with E-state index in [2.05, 4.69) is 15.5 Å². The standard InChI is InChI=1S/C19H17F2N3O2S/c1-11(13-7-9-14(20)10-8-13)22-17(25)12(2)27-19-24-23-18(26-19)15-5-3-4-6-16(15)21/h3-12H,1-2H3,(H,22,25)/t11-,12-/m0/s1. The number of nitrogens with one attached hydrogen (secondary N) is 1. The lowest BCUT2D eigenvalue weighted by Gasteiger charge is -2.16. The second-order valence-electron chi connectivity index (χ2n) is 5.89. The van der Waals surface area contributed by atoms with Crippen molar-refractivity contribution in [3.05, 3.63) is 65.7 Å². The van der Waals surface area contributed by atoms with Gasteiger partial charge >= 0.3 is 0 Å². The molecular formula is C19H17F2N3O2S. The first-order chi connectivity index (χ1) is 12.9. The summed E-state index contributed by atoms with van der Waals surface area (Å²) in [5, 5.41) is 10.2. The average molecular weight is 389 g/mol. The van der Waals surface area contributed by atoms with E-state index in [4.69, 9.17) is 4.42 Å². The Morgan fingerprint density at radius 3 is 2.48 bits per heavy atom. The fraction of sp³-hybridized carbons (Fsp3) is 0.211. The quantitative estimate of drug-likeness (QED) is 0.634. The number of halogens is 2. The number of aromatic nitrogens is 2. The van der Waals surface area contributed by atoms with E-state index in [9.17, 15) is 13.6 Å². The zero-order valence-corrected chi connectivity index (χ0v) is 15.5. The highest BCUT2D eigenvalue weighted by Gasteiger charge is 2.21. The number of hydrogen-bond donors (Lipinski definition) is 1. The van der Waals surface area contributed by atoms with Crippen LogP contribution < -0.4 is 5.32 Å². The largest absolute Gasteiger partial charge is 0.411 e. The predicted octanol–water partition coefficient (Wildman–Crippen LogP) is 4.37. The second-order valence-corrected chi connectivity index (χ2v) is 7.19. The minimum atomic E-state index is -0.512. The summed E-state index contributed by atoms with van der Waals surface area (Å²) in [6.07, 6.45) is 0. The van der Waals surface area contributed by atoms with Gasteiger partial charge in [0.25, 0.3) is 11.1 Å². The van der Waals surface area contributed by atoms with E-state index in [0.717, 1.165) is 17.3 Å². The van der Waals surface area contributed by atoms with E-state index in [-0.39, 0.29) is 34.4 Å². The first-order valence-corrected chi connectivity index (χ1v) is 9.13. The van der Waals surface area contributed by atoms with Crippen LogP contribution in [0.5, 0.6) is 0 Å². The maximum absolute atomic E-state index is 13.8. The van der Waals surface area contributed by atoms with E-state index in [1.54, 1.807) is 31.2 Å². The molecule has 2 atom stereocenters. The van der Waals surface area contributed by atoms with Crippen LogP contribution in [0.1, 0.15) is 25.5 Å². The van der Waals surface area contributed by atoms with Crippen LogP contribution in [0.2, 0.25) is 0 Å². The van der Waals surface area contributed by atoms with Gasteiger partial charge in [-0.2, -0.15) is 0 Å². The summed E-state index contributed by atoms with van der Waals surface area (Å²) in [6, 6.07) is 11.7. The molecule has 5 nitrogen and oxygen atoms in total. The zero-order chi connectivity index (χ0) is 19.4. The summed E-state index contributed by atoms with van der Waals surface area (Å²) in [5.74, 6) is -0.967. The second kappa shape index (κ2) is 8.30. The highest BCUT2D eigenvalue weighted by Crippen LogP contribution is 2.27. The van der Waals surface area contributed by atoms with Crippen molar-refractivity contribution in [1.29, 1.82) is 0 Å². The molecule has 0 aliphatic carbocycles. The van der Waals surface area contributed by atoms with Gasteiger partial charge < -0.3 is 9.73 Å². The SMILES string of the molecule is C[C@H](Sc1nnc(-c2ccccc2F)o1)C(=O)N[C@@H](C)c1ccc(F)cc1. The summed E-state index contributed by atoms with van der Waals surface area (Å²) in [4.78, 5) is 12.4. The summed E-state index contributed by atoms with van der Waals surface area (Å²) in [5.41, 5.74) is 1.00. The maximum atomic E-state index is 13.8. The minimum Gasteiger partial charge on any atom is -0.411 e. The van der Waals surface area contributed by atoms with Gasteiger partial charge in [-0.3, -0.25) is 4.79 Å². The molecule has 0 saturated heterocycles. The Labute approximate surface area is 159 Å². The molecule has 0 radical (unpaired) electrons. The Morgan fingerprint density at radius 1 is 1.07 bits per heavy atom. The Morgan fingerprint density at radius 2 is 1.78 bits per heavy atom. The van der Waals surface area contributed by atoms with E-state index < -0.39 is 11.1 Å². The van der Waals surface area contributed by atoms with Crippen LogP contribution in [0.3, 0.4) is 0 Å². The number of hydrogen-bond acceptors (Lipinski definition) is 5. The van der Waals surface area contributed by atoms with Crippen LogP contribution in [-0.2, 0) is 4.79 Å². The lowest BCUT2D eigenvalue weighted by molar-refractivity contribution is -0.120. The van der Waals surface area contributed by atoms with E-state index in [1.165, 1.54) is 24.3 Å². The monoisotopic (exact) mass is 389 g/mol. The van der Waals surface area contributed by atoms with Crippen molar-refractivity contribution >= 4 is 17.7 Å². The molecule has 3 rings (SSSR count). The van der Waals surface area contributed by atoms with Crippen LogP contribution >= 0.6 is 11.8 Å². The van der Waals surface area contributed by atoms with Crippen molar-refractivity contribution in [2.75, 3.05) is 0 Å². The summed E-state index contributed by atoms with van der Waals surface area (Å²) < 4.78 is 32.2. The molecule has 0 aliphatic heterocycles. The van der Waals surface area contributed by atoms with Crippen molar-refractivity contribution < 1.29 is 18.0 Å². The molecule has 0 fully saturated rings. The molecule has 1 heterocycles. The highest BCUT2D eigenvalue weighted by molar-refractivity contribution is 8.00. The third-order valence-corrected chi connectivity index (χ3v) is 4.82. The number of thioether (sulfide) groups is 1. The van der Waals surface area contributed by atoms with Crippen molar-refractivity contribution in [3.8, 4) is 11.5 Å². The molecule has 2 aromatic carbocycles. The number of carbonyl (C=O) groups excluding carboxylic acids is 1.